The van der Waals surface area contributed by atoms with E-state index in [2.05, 4.69) is 10.4 Å². The van der Waals surface area contributed by atoms with Crippen LogP contribution in [-0.2, 0) is 12.6 Å². The van der Waals surface area contributed by atoms with Crippen molar-refractivity contribution in [1.29, 1.82) is 0 Å². The Bertz CT molecular complexity index is 1050. The number of aryl methyl sites for hydroxylation is 1. The van der Waals surface area contributed by atoms with Crippen molar-refractivity contribution in [2.45, 2.75) is 32.5 Å². The molecule has 1 aromatic heterocycles. The van der Waals surface area contributed by atoms with Crippen molar-refractivity contribution in [3.63, 3.8) is 0 Å². The monoisotopic (exact) mass is 423 g/mol. The summed E-state index contributed by atoms with van der Waals surface area (Å²) >= 11 is 0. The lowest BCUT2D eigenvalue weighted by molar-refractivity contribution is -0.143. The molecule has 1 unspecified atom stereocenters. The molecule has 3 rings (SSSR count). The Balaban J connectivity index is 1.90. The second kappa shape index (κ2) is 8.25. The van der Waals surface area contributed by atoms with Crippen molar-refractivity contribution in [2.24, 2.45) is 0 Å². The number of amides is 1. The normalized spacial score (nSPS) is 12.6. The molecule has 1 atom stereocenters. The van der Waals surface area contributed by atoms with Crippen LogP contribution in [0.3, 0.4) is 0 Å². The SMILES string of the molecule is Cc1ccccc1-n1ncc(C(=O)NC(C)Cc2c(F)cccc2F)c1C(F)(F)F. The summed E-state index contributed by atoms with van der Waals surface area (Å²) in [5.74, 6) is -2.62. The number of alkyl halides is 3. The summed E-state index contributed by atoms with van der Waals surface area (Å²) in [5.41, 5.74) is -1.42. The summed E-state index contributed by atoms with van der Waals surface area (Å²) in [5, 5.41) is 6.14. The summed E-state index contributed by atoms with van der Waals surface area (Å²) in [4.78, 5) is 12.6. The number of rotatable bonds is 5. The Morgan fingerprint density at radius 2 is 1.73 bits per heavy atom. The number of benzene rings is 2. The number of nitrogens with zero attached hydrogens (tertiary/aromatic N) is 2. The van der Waals surface area contributed by atoms with E-state index in [1.807, 2.05) is 0 Å². The minimum absolute atomic E-state index is 0.186. The molecule has 1 heterocycles. The zero-order valence-corrected chi connectivity index (χ0v) is 16.1. The molecular formula is C21H18F5N3O. The van der Waals surface area contributed by atoms with Gasteiger partial charge in [-0.3, -0.25) is 4.79 Å². The maximum atomic E-state index is 13.8. The predicted octanol–water partition coefficient (Wildman–Crippen LogP) is 4.84. The molecule has 4 nitrogen and oxygen atoms in total. The van der Waals surface area contributed by atoms with Gasteiger partial charge in [0.05, 0.1) is 17.4 Å². The van der Waals surface area contributed by atoms with Crippen molar-refractivity contribution in [3.05, 3.63) is 82.7 Å². The van der Waals surface area contributed by atoms with E-state index in [9.17, 15) is 26.7 Å². The van der Waals surface area contributed by atoms with Crippen molar-refractivity contribution < 1.29 is 26.7 Å². The third-order valence-electron chi connectivity index (χ3n) is 4.58. The van der Waals surface area contributed by atoms with Crippen LogP contribution in [0.15, 0.2) is 48.7 Å². The number of nitrogens with one attached hydrogen (secondary N) is 1. The molecule has 0 aliphatic carbocycles. The van der Waals surface area contributed by atoms with Gasteiger partial charge in [0.1, 0.15) is 11.6 Å². The zero-order chi connectivity index (χ0) is 22.1. The van der Waals surface area contributed by atoms with Gasteiger partial charge in [-0.1, -0.05) is 24.3 Å². The number of para-hydroxylation sites is 1. The molecule has 1 amide bonds. The van der Waals surface area contributed by atoms with Gasteiger partial charge < -0.3 is 5.32 Å². The molecule has 0 aliphatic rings. The first-order valence-electron chi connectivity index (χ1n) is 9.04. The molecule has 0 fully saturated rings. The van der Waals surface area contributed by atoms with Gasteiger partial charge in [-0.2, -0.15) is 18.3 Å². The molecule has 0 radical (unpaired) electrons. The average molecular weight is 423 g/mol. The molecule has 9 heteroatoms. The van der Waals surface area contributed by atoms with E-state index in [0.29, 0.717) is 10.2 Å². The van der Waals surface area contributed by atoms with E-state index in [0.717, 1.165) is 18.3 Å². The van der Waals surface area contributed by atoms with Crippen LogP contribution in [0.2, 0.25) is 0 Å². The highest BCUT2D eigenvalue weighted by atomic mass is 19.4. The fourth-order valence-electron chi connectivity index (χ4n) is 3.16. The minimum Gasteiger partial charge on any atom is -0.349 e. The van der Waals surface area contributed by atoms with Crippen LogP contribution >= 0.6 is 0 Å². The van der Waals surface area contributed by atoms with E-state index in [1.165, 1.54) is 19.1 Å². The summed E-state index contributed by atoms with van der Waals surface area (Å²) in [6, 6.07) is 8.84. The number of carbonyl (C=O) groups excluding carboxylic acids is 1. The molecular weight excluding hydrogens is 405 g/mol. The average Bonchev–Trinajstić information content (AvgIpc) is 3.11. The van der Waals surface area contributed by atoms with E-state index >= 15 is 0 Å². The minimum atomic E-state index is -4.85. The van der Waals surface area contributed by atoms with E-state index in [-0.39, 0.29) is 17.7 Å². The number of aromatic nitrogens is 2. The molecule has 0 saturated heterocycles. The predicted molar refractivity (Wildman–Crippen MR) is 100 cm³/mol. The van der Waals surface area contributed by atoms with Crippen molar-refractivity contribution in [1.82, 2.24) is 15.1 Å². The summed E-state index contributed by atoms with van der Waals surface area (Å²) < 4.78 is 69.6. The number of carbonyl (C=O) groups is 1. The second-order valence-electron chi connectivity index (χ2n) is 6.88. The Morgan fingerprint density at radius 1 is 1.10 bits per heavy atom. The molecule has 30 heavy (non-hydrogen) atoms. The Labute approximate surface area is 169 Å². The molecule has 1 N–H and O–H groups in total. The second-order valence-corrected chi connectivity index (χ2v) is 6.88. The van der Waals surface area contributed by atoms with Crippen molar-refractivity contribution >= 4 is 5.91 Å². The zero-order valence-electron chi connectivity index (χ0n) is 16.1. The maximum Gasteiger partial charge on any atom is 0.434 e. The van der Waals surface area contributed by atoms with Gasteiger partial charge in [0.15, 0.2) is 5.69 Å². The first kappa shape index (κ1) is 21.5. The van der Waals surface area contributed by atoms with Gasteiger partial charge >= 0.3 is 6.18 Å². The van der Waals surface area contributed by atoms with E-state index in [4.69, 9.17) is 0 Å². The van der Waals surface area contributed by atoms with Gasteiger partial charge in [-0.05, 0) is 44.0 Å². The Morgan fingerprint density at radius 3 is 2.33 bits per heavy atom. The number of hydrogen-bond acceptors (Lipinski definition) is 2. The fourth-order valence-corrected chi connectivity index (χ4v) is 3.16. The van der Waals surface area contributed by atoms with Crippen LogP contribution in [0.5, 0.6) is 0 Å². The molecule has 0 bridgehead atoms. The molecule has 0 saturated carbocycles. The van der Waals surface area contributed by atoms with Crippen LogP contribution in [0.4, 0.5) is 22.0 Å². The summed E-state index contributed by atoms with van der Waals surface area (Å²) in [6.07, 6.45) is -4.25. The van der Waals surface area contributed by atoms with Crippen LogP contribution in [0.25, 0.3) is 5.69 Å². The van der Waals surface area contributed by atoms with Crippen LogP contribution in [-0.4, -0.2) is 21.7 Å². The first-order chi connectivity index (χ1) is 14.1. The molecule has 2 aromatic carbocycles. The fraction of sp³-hybridized carbons (Fsp3) is 0.238. The molecule has 158 valence electrons. The smallest absolute Gasteiger partial charge is 0.349 e. The van der Waals surface area contributed by atoms with Crippen LogP contribution in [0, 0.1) is 18.6 Å². The number of hydrogen-bond donors (Lipinski definition) is 1. The van der Waals surface area contributed by atoms with Crippen LogP contribution < -0.4 is 5.32 Å². The maximum absolute atomic E-state index is 13.8. The number of halogens is 5. The van der Waals surface area contributed by atoms with E-state index < -0.39 is 41.0 Å². The highest BCUT2D eigenvalue weighted by molar-refractivity contribution is 5.95. The van der Waals surface area contributed by atoms with Gasteiger partial charge in [0, 0.05) is 11.6 Å². The van der Waals surface area contributed by atoms with Crippen molar-refractivity contribution in [2.75, 3.05) is 0 Å². The Hall–Kier alpha value is -3.23. The Kier molecular flexibility index (Phi) is 5.91. The summed E-state index contributed by atoms with van der Waals surface area (Å²) in [6.45, 7) is 3.07. The molecule has 0 spiro atoms. The van der Waals surface area contributed by atoms with Gasteiger partial charge in [0.25, 0.3) is 5.91 Å². The highest BCUT2D eigenvalue weighted by Gasteiger charge is 2.41. The van der Waals surface area contributed by atoms with E-state index in [1.54, 1.807) is 25.1 Å². The third kappa shape index (κ3) is 4.34. The lowest BCUT2D eigenvalue weighted by Crippen LogP contribution is -2.35. The molecule has 3 aromatic rings. The lowest BCUT2D eigenvalue weighted by Gasteiger charge is -2.17. The topological polar surface area (TPSA) is 46.9 Å². The first-order valence-corrected chi connectivity index (χ1v) is 9.04. The lowest BCUT2D eigenvalue weighted by atomic mass is 10.1. The summed E-state index contributed by atoms with van der Waals surface area (Å²) in [7, 11) is 0. The van der Waals surface area contributed by atoms with Gasteiger partial charge in [0.2, 0.25) is 0 Å². The standard InChI is InChI=1S/C21H18F5N3O/c1-12-6-3-4-9-18(12)29-19(21(24,25)26)15(11-27-29)20(30)28-13(2)10-14-16(22)7-5-8-17(14)23/h3-9,11,13H,10H2,1-2H3,(H,28,30). The largest absolute Gasteiger partial charge is 0.434 e. The third-order valence-corrected chi connectivity index (χ3v) is 4.58. The quantitative estimate of drug-likeness (QED) is 0.597. The van der Waals surface area contributed by atoms with Crippen LogP contribution in [0.1, 0.15) is 34.1 Å². The molecule has 0 aliphatic heterocycles. The van der Waals surface area contributed by atoms with Gasteiger partial charge in [-0.25, -0.2) is 13.5 Å². The van der Waals surface area contributed by atoms with Gasteiger partial charge in [-0.15, -0.1) is 0 Å². The van der Waals surface area contributed by atoms with Crippen molar-refractivity contribution in [3.8, 4) is 5.69 Å². The highest BCUT2D eigenvalue weighted by Crippen LogP contribution is 2.34.